The molecule has 0 bridgehead atoms. The average molecular weight is 396 g/mol. The molecule has 0 atom stereocenters. The number of rotatable bonds is 5. The van der Waals surface area contributed by atoms with Gasteiger partial charge in [0, 0.05) is 11.8 Å². The van der Waals surface area contributed by atoms with Crippen LogP contribution in [0.2, 0.25) is 0 Å². The molecule has 0 spiro atoms. The Kier molecular flexibility index (Phi) is 19.2. The fourth-order valence-corrected chi connectivity index (χ4v) is 1.99. The second kappa shape index (κ2) is 19.2. The summed E-state index contributed by atoms with van der Waals surface area (Å²) in [5.41, 5.74) is 5.89. The van der Waals surface area contributed by atoms with Crippen LogP contribution in [0.4, 0.5) is 0 Å². The Balaban J connectivity index is 0. The molecule has 1 aromatic carbocycles. The number of benzene rings is 1. The van der Waals surface area contributed by atoms with Gasteiger partial charge in [0.25, 0.3) is 0 Å². The fourth-order valence-electron chi connectivity index (χ4n) is 1.99. The van der Waals surface area contributed by atoms with Crippen LogP contribution in [-0.4, -0.2) is 4.98 Å². The number of aromatic nitrogens is 1. The molecule has 1 aromatic heterocycles. The molecule has 0 aliphatic heterocycles. The third kappa shape index (κ3) is 14.5. The van der Waals surface area contributed by atoms with E-state index >= 15 is 0 Å². The Morgan fingerprint density at radius 3 is 1.90 bits per heavy atom. The zero-order chi connectivity index (χ0) is 22.7. The van der Waals surface area contributed by atoms with E-state index in [0.717, 1.165) is 18.0 Å². The number of hydrogen-bond donors (Lipinski definition) is 0. The van der Waals surface area contributed by atoms with E-state index in [1.807, 2.05) is 64.2 Å². The molecule has 0 aliphatic carbocycles. The topological polar surface area (TPSA) is 12.9 Å². The summed E-state index contributed by atoms with van der Waals surface area (Å²) in [6.07, 6.45) is 9.74. The fraction of sp³-hybridized carbons (Fsp3) is 0.464. The Morgan fingerprint density at radius 2 is 1.55 bits per heavy atom. The first-order valence-corrected chi connectivity index (χ1v) is 11.2. The first kappa shape index (κ1) is 29.1. The van der Waals surface area contributed by atoms with Crippen molar-refractivity contribution in [1.82, 2.24) is 4.98 Å². The molecule has 1 heteroatoms. The lowest BCUT2D eigenvalue weighted by Gasteiger charge is -2.04. The van der Waals surface area contributed by atoms with Gasteiger partial charge < -0.3 is 0 Å². The quantitative estimate of drug-likeness (QED) is 0.459. The van der Waals surface area contributed by atoms with E-state index in [-0.39, 0.29) is 0 Å². The van der Waals surface area contributed by atoms with Crippen LogP contribution in [0, 0.1) is 12.8 Å². The normalized spacial score (nSPS) is 9.59. The van der Waals surface area contributed by atoms with Crippen LogP contribution in [0.3, 0.4) is 0 Å². The van der Waals surface area contributed by atoms with Crippen LogP contribution in [0.5, 0.6) is 0 Å². The zero-order valence-corrected chi connectivity index (χ0v) is 20.5. The predicted molar refractivity (Wildman–Crippen MR) is 135 cm³/mol. The Labute approximate surface area is 182 Å². The lowest BCUT2D eigenvalue weighted by atomic mass is 10.0. The van der Waals surface area contributed by atoms with Gasteiger partial charge in [-0.1, -0.05) is 96.4 Å². The van der Waals surface area contributed by atoms with Crippen LogP contribution in [0.1, 0.15) is 85.9 Å². The second-order valence-electron chi connectivity index (χ2n) is 7.02. The monoisotopic (exact) mass is 395 g/mol. The van der Waals surface area contributed by atoms with Crippen molar-refractivity contribution >= 4 is 6.08 Å². The minimum absolute atomic E-state index is 0.935. The number of nitrogens with zero attached hydrogens (tertiary/aromatic N) is 1. The van der Waals surface area contributed by atoms with Gasteiger partial charge in [-0.3, -0.25) is 4.98 Å². The third-order valence-electron chi connectivity index (χ3n) is 4.55. The number of pyridine rings is 1. The maximum absolute atomic E-state index is 4.46. The highest BCUT2D eigenvalue weighted by Gasteiger charge is 2.00. The molecule has 0 amide bonds. The Hall–Kier alpha value is -2.15. The molecule has 162 valence electrons. The lowest BCUT2D eigenvalue weighted by molar-refractivity contribution is 0.544. The maximum atomic E-state index is 4.46. The highest BCUT2D eigenvalue weighted by atomic mass is 14.7. The number of aryl methyl sites for hydroxylation is 1. The average Bonchev–Trinajstić information content (AvgIpc) is 2.77. The highest BCUT2D eigenvalue weighted by molar-refractivity contribution is 5.65. The van der Waals surface area contributed by atoms with Gasteiger partial charge in [-0.25, -0.2) is 0 Å². The van der Waals surface area contributed by atoms with Gasteiger partial charge in [0.2, 0.25) is 0 Å². The summed E-state index contributed by atoms with van der Waals surface area (Å²) in [4.78, 5) is 4.46. The largest absolute Gasteiger partial charge is 0.256 e. The second-order valence-corrected chi connectivity index (χ2v) is 7.02. The molecular formula is C28H45N. The van der Waals surface area contributed by atoms with Crippen molar-refractivity contribution in [3.05, 3.63) is 72.1 Å². The summed E-state index contributed by atoms with van der Waals surface area (Å²) < 4.78 is 0. The van der Waals surface area contributed by atoms with Crippen molar-refractivity contribution in [3.63, 3.8) is 0 Å². The van der Waals surface area contributed by atoms with E-state index < -0.39 is 0 Å². The summed E-state index contributed by atoms with van der Waals surface area (Å²) >= 11 is 0. The molecule has 2 aromatic rings. The summed E-state index contributed by atoms with van der Waals surface area (Å²) in [6.45, 7) is 22.6. The van der Waals surface area contributed by atoms with Crippen molar-refractivity contribution in [2.75, 3.05) is 0 Å². The smallest absolute Gasteiger partial charge is 0.0655 e. The molecular weight excluding hydrogens is 350 g/mol. The molecule has 0 saturated heterocycles. The molecule has 1 heterocycles. The maximum Gasteiger partial charge on any atom is 0.0655 e. The van der Waals surface area contributed by atoms with E-state index in [2.05, 4.69) is 64.4 Å². The van der Waals surface area contributed by atoms with Crippen LogP contribution in [-0.2, 0) is 0 Å². The predicted octanol–water partition coefficient (Wildman–Crippen LogP) is 9.53. The van der Waals surface area contributed by atoms with Gasteiger partial charge in [0.1, 0.15) is 0 Å². The molecule has 0 N–H and O–H groups in total. The molecule has 29 heavy (non-hydrogen) atoms. The molecule has 0 unspecified atom stereocenters. The minimum Gasteiger partial charge on any atom is -0.256 e. The molecule has 0 saturated carbocycles. The summed E-state index contributed by atoms with van der Waals surface area (Å²) in [6, 6.07) is 12.5. The minimum atomic E-state index is 0.935. The van der Waals surface area contributed by atoms with Gasteiger partial charge in [-0.2, -0.15) is 0 Å². The standard InChI is InChI=1S/C15H15N.C6H14.C5H10.C2H6/c1-3-7-15-12(2)10-14(11-16-15)13-8-5-4-6-9-13;1-4-6(3)5-2;1-4-5(2)3;1-2/h3-11H,1-2H3;6H,4-5H2,1-3H3;2,4H2,1,3H3;1-2H3/b7-3-;;;. The van der Waals surface area contributed by atoms with E-state index in [4.69, 9.17) is 0 Å². The van der Waals surface area contributed by atoms with Gasteiger partial charge in [-0.05, 0) is 56.4 Å². The molecule has 0 fully saturated rings. The molecule has 1 nitrogen and oxygen atoms in total. The third-order valence-corrected chi connectivity index (χ3v) is 4.55. The summed E-state index contributed by atoms with van der Waals surface area (Å²) in [7, 11) is 0. The van der Waals surface area contributed by atoms with Gasteiger partial charge >= 0.3 is 0 Å². The van der Waals surface area contributed by atoms with Gasteiger partial charge in [-0.15, -0.1) is 6.58 Å². The van der Waals surface area contributed by atoms with Crippen LogP contribution in [0.15, 0.2) is 60.8 Å². The summed E-state index contributed by atoms with van der Waals surface area (Å²) in [5, 5.41) is 0. The number of hydrogen-bond acceptors (Lipinski definition) is 1. The number of allylic oxidation sites excluding steroid dienone is 2. The molecule has 0 radical (unpaired) electrons. The van der Waals surface area contributed by atoms with E-state index in [0.29, 0.717) is 0 Å². The summed E-state index contributed by atoms with van der Waals surface area (Å²) in [5.74, 6) is 0.935. The SMILES string of the molecule is C/C=C\c1ncc(-c2ccccc2)cc1C.C=C(C)CC.CC.CCC(C)CC. The van der Waals surface area contributed by atoms with E-state index in [9.17, 15) is 0 Å². The highest BCUT2D eigenvalue weighted by Crippen LogP contribution is 2.20. The van der Waals surface area contributed by atoms with Crippen LogP contribution in [0.25, 0.3) is 17.2 Å². The van der Waals surface area contributed by atoms with Gasteiger partial charge in [0.05, 0.1) is 5.69 Å². The van der Waals surface area contributed by atoms with Crippen molar-refractivity contribution in [1.29, 1.82) is 0 Å². The first-order valence-electron chi connectivity index (χ1n) is 11.2. The Morgan fingerprint density at radius 1 is 1.03 bits per heavy atom. The van der Waals surface area contributed by atoms with Gasteiger partial charge in [0.15, 0.2) is 0 Å². The van der Waals surface area contributed by atoms with Crippen molar-refractivity contribution < 1.29 is 0 Å². The van der Waals surface area contributed by atoms with Crippen molar-refractivity contribution in [2.45, 2.75) is 81.6 Å². The van der Waals surface area contributed by atoms with Crippen molar-refractivity contribution in [3.8, 4) is 11.1 Å². The van der Waals surface area contributed by atoms with E-state index in [1.165, 1.54) is 35.1 Å². The van der Waals surface area contributed by atoms with Crippen molar-refractivity contribution in [2.24, 2.45) is 5.92 Å². The first-order chi connectivity index (χ1) is 13.9. The lowest BCUT2D eigenvalue weighted by Crippen LogP contribution is -1.88. The zero-order valence-electron chi connectivity index (χ0n) is 20.5. The Bertz CT molecular complexity index is 664. The molecule has 2 rings (SSSR count). The van der Waals surface area contributed by atoms with Crippen LogP contribution < -0.4 is 0 Å². The van der Waals surface area contributed by atoms with Crippen LogP contribution >= 0.6 is 0 Å². The molecule has 0 aliphatic rings. The van der Waals surface area contributed by atoms with E-state index in [1.54, 1.807) is 0 Å².